The highest BCUT2D eigenvalue weighted by atomic mass is 79.9. The van der Waals surface area contributed by atoms with Gasteiger partial charge in [-0.1, -0.05) is 33.7 Å². The highest BCUT2D eigenvalue weighted by molar-refractivity contribution is 9.10. The van der Waals surface area contributed by atoms with Crippen LogP contribution in [0, 0.1) is 0 Å². The molecule has 1 saturated heterocycles. The third-order valence-corrected chi connectivity index (χ3v) is 9.09. The van der Waals surface area contributed by atoms with Gasteiger partial charge in [0, 0.05) is 36.2 Å². The number of fused-ring (bicyclic) bond motifs is 1. The number of nitrogens with zero attached hydrogens (tertiary/aromatic N) is 4. The molecule has 1 aliphatic heterocycles. The zero-order valence-corrected chi connectivity index (χ0v) is 23.1. The van der Waals surface area contributed by atoms with Crippen molar-refractivity contribution in [2.24, 2.45) is 0 Å². The van der Waals surface area contributed by atoms with Gasteiger partial charge in [0.05, 0.1) is 15.1 Å². The van der Waals surface area contributed by atoms with Crippen molar-refractivity contribution in [1.82, 2.24) is 14.2 Å². The number of amides is 1. The molecular weight excluding hydrogens is 560 g/mol. The van der Waals surface area contributed by atoms with Crippen molar-refractivity contribution in [1.29, 1.82) is 0 Å². The summed E-state index contributed by atoms with van der Waals surface area (Å²) >= 11 is 4.95. The minimum Gasteiger partial charge on any atom is -0.308 e. The van der Waals surface area contributed by atoms with Crippen molar-refractivity contribution in [2.45, 2.75) is 24.2 Å². The Balaban J connectivity index is 0.00000324. The standard InChI is InChI=1S/C23H27BrN4O3S2.ClH/c1-26(2)14-15-28(23-25-20-11-8-18(24)16-21(20)32-23)22(29)17-6-9-19(10-7-17)33(30,31)27-12-4-3-5-13-27;/h6-11,16H,3-5,12-15H2,1-2H3;1H. The molecule has 0 saturated carbocycles. The van der Waals surface area contributed by atoms with Gasteiger partial charge in [0.25, 0.3) is 5.91 Å². The Labute approximate surface area is 219 Å². The Morgan fingerprint density at radius 1 is 1.06 bits per heavy atom. The van der Waals surface area contributed by atoms with Crippen LogP contribution < -0.4 is 4.90 Å². The number of halogens is 2. The fourth-order valence-corrected chi connectivity index (χ4v) is 6.82. The maximum Gasteiger partial charge on any atom is 0.260 e. The topological polar surface area (TPSA) is 73.8 Å². The molecule has 0 aliphatic carbocycles. The van der Waals surface area contributed by atoms with Gasteiger partial charge >= 0.3 is 0 Å². The van der Waals surface area contributed by atoms with E-state index in [2.05, 4.69) is 20.9 Å². The molecule has 4 rings (SSSR count). The molecule has 11 heteroatoms. The monoisotopic (exact) mass is 586 g/mol. The van der Waals surface area contributed by atoms with Crippen LogP contribution in [0.5, 0.6) is 0 Å². The first-order valence-corrected chi connectivity index (χ1v) is 13.9. The van der Waals surface area contributed by atoms with Gasteiger partial charge in [-0.25, -0.2) is 13.4 Å². The first kappa shape index (κ1) is 27.0. The normalized spacial score (nSPS) is 14.8. The molecule has 2 aromatic carbocycles. The number of carbonyl (C=O) groups is 1. The third-order valence-electron chi connectivity index (χ3n) is 5.64. The molecule has 7 nitrogen and oxygen atoms in total. The van der Waals surface area contributed by atoms with Gasteiger partial charge in [0.15, 0.2) is 5.13 Å². The van der Waals surface area contributed by atoms with Crippen LogP contribution >= 0.6 is 39.7 Å². The lowest BCUT2D eigenvalue weighted by atomic mass is 10.2. The zero-order valence-electron chi connectivity index (χ0n) is 19.1. The molecule has 3 aromatic rings. The zero-order chi connectivity index (χ0) is 23.6. The van der Waals surface area contributed by atoms with Crippen LogP contribution in [0.2, 0.25) is 0 Å². The van der Waals surface area contributed by atoms with Gasteiger partial charge in [-0.05, 0) is 69.4 Å². The highest BCUT2D eigenvalue weighted by Crippen LogP contribution is 2.32. The fourth-order valence-electron chi connectivity index (χ4n) is 3.77. The first-order chi connectivity index (χ1) is 15.8. The minimum absolute atomic E-state index is 0. The number of sulfonamides is 1. The summed E-state index contributed by atoms with van der Waals surface area (Å²) in [5, 5.41) is 0.625. The average molecular weight is 588 g/mol. The van der Waals surface area contributed by atoms with Crippen LogP contribution in [0.3, 0.4) is 0 Å². The summed E-state index contributed by atoms with van der Waals surface area (Å²) in [5.41, 5.74) is 1.27. The predicted octanol–water partition coefficient (Wildman–Crippen LogP) is 4.86. The van der Waals surface area contributed by atoms with Gasteiger partial charge in [0.1, 0.15) is 0 Å². The van der Waals surface area contributed by atoms with E-state index in [1.807, 2.05) is 37.2 Å². The lowest BCUT2D eigenvalue weighted by molar-refractivity contribution is 0.0985. The van der Waals surface area contributed by atoms with Crippen molar-refractivity contribution < 1.29 is 13.2 Å². The smallest absolute Gasteiger partial charge is 0.260 e. The van der Waals surface area contributed by atoms with E-state index in [4.69, 9.17) is 0 Å². The molecule has 0 bridgehead atoms. The van der Waals surface area contributed by atoms with E-state index in [-0.39, 0.29) is 23.2 Å². The molecule has 34 heavy (non-hydrogen) atoms. The number of hydrogen-bond donors (Lipinski definition) is 0. The van der Waals surface area contributed by atoms with Crippen LogP contribution in [0.1, 0.15) is 29.6 Å². The van der Waals surface area contributed by atoms with E-state index < -0.39 is 10.0 Å². The molecule has 0 spiro atoms. The number of hydrogen-bond acceptors (Lipinski definition) is 6. The van der Waals surface area contributed by atoms with Crippen LogP contribution in [0.15, 0.2) is 51.8 Å². The fraction of sp³-hybridized carbons (Fsp3) is 0.391. The number of benzene rings is 2. The molecule has 0 N–H and O–H groups in total. The summed E-state index contributed by atoms with van der Waals surface area (Å²) in [6.45, 7) is 2.25. The molecule has 184 valence electrons. The Hall–Kier alpha value is -1.56. The lowest BCUT2D eigenvalue weighted by Gasteiger charge is -2.26. The lowest BCUT2D eigenvalue weighted by Crippen LogP contribution is -2.37. The second-order valence-electron chi connectivity index (χ2n) is 8.36. The van der Waals surface area contributed by atoms with E-state index in [0.717, 1.165) is 34.0 Å². The number of thiazole rings is 1. The quantitative estimate of drug-likeness (QED) is 0.395. The van der Waals surface area contributed by atoms with Crippen LogP contribution in [-0.4, -0.2) is 68.8 Å². The summed E-state index contributed by atoms with van der Waals surface area (Å²) in [6.07, 6.45) is 2.83. The number of likely N-dealkylation sites (N-methyl/N-ethyl adjacent to an activating group) is 1. The maximum absolute atomic E-state index is 13.5. The van der Waals surface area contributed by atoms with Gasteiger partial charge in [-0.3, -0.25) is 9.69 Å². The van der Waals surface area contributed by atoms with Crippen molar-refractivity contribution >= 4 is 71.0 Å². The van der Waals surface area contributed by atoms with Gasteiger partial charge in [-0.2, -0.15) is 4.31 Å². The Kier molecular flexibility index (Phi) is 9.10. The van der Waals surface area contributed by atoms with Crippen molar-refractivity contribution in [2.75, 3.05) is 45.2 Å². The molecule has 2 heterocycles. The number of piperidine rings is 1. The van der Waals surface area contributed by atoms with E-state index >= 15 is 0 Å². The van der Waals surface area contributed by atoms with Gasteiger partial charge in [-0.15, -0.1) is 12.4 Å². The van der Waals surface area contributed by atoms with Gasteiger partial charge in [0.2, 0.25) is 10.0 Å². The molecular formula is C23H28BrClN4O3S2. The Morgan fingerprint density at radius 2 is 1.74 bits per heavy atom. The molecule has 1 aliphatic rings. The Bertz CT molecular complexity index is 1240. The molecule has 0 atom stereocenters. The number of carbonyl (C=O) groups excluding carboxylic acids is 1. The molecule has 0 radical (unpaired) electrons. The van der Waals surface area contributed by atoms with Gasteiger partial charge < -0.3 is 4.90 Å². The van der Waals surface area contributed by atoms with Crippen molar-refractivity contribution in [3.05, 3.63) is 52.5 Å². The molecule has 0 unspecified atom stereocenters. The summed E-state index contributed by atoms with van der Waals surface area (Å²) in [7, 11) is 0.381. The molecule has 1 amide bonds. The SMILES string of the molecule is CN(C)CCN(C(=O)c1ccc(S(=O)(=O)N2CCCCC2)cc1)c1nc2ccc(Br)cc2s1.Cl. The van der Waals surface area contributed by atoms with E-state index in [1.54, 1.807) is 17.0 Å². The molecule has 1 fully saturated rings. The first-order valence-electron chi connectivity index (χ1n) is 10.9. The van der Waals surface area contributed by atoms with Crippen molar-refractivity contribution in [3.63, 3.8) is 0 Å². The summed E-state index contributed by atoms with van der Waals surface area (Å²) in [5.74, 6) is -0.197. The highest BCUT2D eigenvalue weighted by Gasteiger charge is 2.27. The summed E-state index contributed by atoms with van der Waals surface area (Å²) in [4.78, 5) is 22.1. The van der Waals surface area contributed by atoms with Crippen LogP contribution in [-0.2, 0) is 10.0 Å². The third kappa shape index (κ3) is 5.98. The van der Waals surface area contributed by atoms with Crippen molar-refractivity contribution in [3.8, 4) is 0 Å². The van der Waals surface area contributed by atoms with Crippen LogP contribution in [0.25, 0.3) is 10.2 Å². The summed E-state index contributed by atoms with van der Waals surface area (Å²) < 4.78 is 29.4. The maximum atomic E-state index is 13.5. The van der Waals surface area contributed by atoms with Crippen LogP contribution in [0.4, 0.5) is 5.13 Å². The average Bonchev–Trinajstić information content (AvgIpc) is 3.22. The van der Waals surface area contributed by atoms with E-state index in [9.17, 15) is 13.2 Å². The number of anilines is 1. The van der Waals surface area contributed by atoms with E-state index in [0.29, 0.717) is 36.9 Å². The summed E-state index contributed by atoms with van der Waals surface area (Å²) in [6, 6.07) is 12.1. The van der Waals surface area contributed by atoms with E-state index in [1.165, 1.54) is 27.8 Å². The second-order valence-corrected chi connectivity index (χ2v) is 12.2. The predicted molar refractivity (Wildman–Crippen MR) is 144 cm³/mol. The minimum atomic E-state index is -3.53. The number of aromatic nitrogens is 1. The largest absolute Gasteiger partial charge is 0.308 e. The second kappa shape index (κ2) is 11.5. The number of rotatable bonds is 7. The Morgan fingerprint density at radius 3 is 2.38 bits per heavy atom. The molecule has 1 aromatic heterocycles.